The van der Waals surface area contributed by atoms with E-state index in [2.05, 4.69) is 30.6 Å². The summed E-state index contributed by atoms with van der Waals surface area (Å²) in [6.07, 6.45) is 3.28. The monoisotopic (exact) mass is 324 g/mol. The van der Waals surface area contributed by atoms with Gasteiger partial charge in [0.2, 0.25) is 0 Å². The first-order chi connectivity index (χ1) is 8.70. The Morgan fingerprint density at radius 3 is 2.89 bits per heavy atom. The van der Waals surface area contributed by atoms with E-state index >= 15 is 0 Å². The van der Waals surface area contributed by atoms with Crippen LogP contribution < -0.4 is 0 Å². The minimum atomic E-state index is -0.376. The van der Waals surface area contributed by atoms with Gasteiger partial charge in [-0.15, -0.1) is 0 Å². The van der Waals surface area contributed by atoms with E-state index in [4.69, 9.17) is 0 Å². The standard InChI is InChI=1S/C12H9BrN2O2S/c1-17-12(16)8-4-6-14-10(7-8)18-11-9(13)3-2-5-15-11/h2-7H,1H3. The summed E-state index contributed by atoms with van der Waals surface area (Å²) < 4.78 is 5.55. The van der Waals surface area contributed by atoms with E-state index < -0.39 is 0 Å². The van der Waals surface area contributed by atoms with Gasteiger partial charge in [-0.1, -0.05) is 0 Å². The van der Waals surface area contributed by atoms with Crippen molar-refractivity contribution in [2.45, 2.75) is 10.1 Å². The summed E-state index contributed by atoms with van der Waals surface area (Å²) in [6, 6.07) is 7.03. The Hall–Kier alpha value is -1.40. The van der Waals surface area contributed by atoms with Gasteiger partial charge in [0.15, 0.2) is 0 Å². The van der Waals surface area contributed by atoms with Crippen LogP contribution in [0.5, 0.6) is 0 Å². The zero-order valence-electron chi connectivity index (χ0n) is 9.46. The number of nitrogens with zero attached hydrogens (tertiary/aromatic N) is 2. The topological polar surface area (TPSA) is 52.1 Å². The normalized spacial score (nSPS) is 10.1. The Labute approximate surface area is 117 Å². The van der Waals surface area contributed by atoms with Gasteiger partial charge < -0.3 is 4.74 Å². The van der Waals surface area contributed by atoms with Crippen LogP contribution in [-0.4, -0.2) is 23.0 Å². The van der Waals surface area contributed by atoms with Crippen molar-refractivity contribution in [3.05, 3.63) is 46.7 Å². The maximum atomic E-state index is 11.4. The Bertz CT molecular complexity index is 578. The summed E-state index contributed by atoms with van der Waals surface area (Å²) in [5.74, 6) is -0.376. The number of pyridine rings is 2. The molecule has 0 spiro atoms. The van der Waals surface area contributed by atoms with Crippen LogP contribution in [0.25, 0.3) is 0 Å². The van der Waals surface area contributed by atoms with E-state index in [0.29, 0.717) is 10.6 Å². The third-order valence-electron chi connectivity index (χ3n) is 2.08. The smallest absolute Gasteiger partial charge is 0.337 e. The number of carbonyl (C=O) groups excluding carboxylic acids is 1. The van der Waals surface area contributed by atoms with Crippen LogP contribution in [0.3, 0.4) is 0 Å². The van der Waals surface area contributed by atoms with Crippen molar-refractivity contribution in [2.75, 3.05) is 7.11 Å². The van der Waals surface area contributed by atoms with E-state index in [9.17, 15) is 4.79 Å². The van der Waals surface area contributed by atoms with Crippen molar-refractivity contribution in [2.24, 2.45) is 0 Å². The van der Waals surface area contributed by atoms with Crippen molar-refractivity contribution in [1.29, 1.82) is 0 Å². The third-order valence-corrected chi connectivity index (χ3v) is 3.94. The van der Waals surface area contributed by atoms with Crippen LogP contribution in [0, 0.1) is 0 Å². The highest BCUT2D eigenvalue weighted by molar-refractivity contribution is 9.10. The average molecular weight is 325 g/mol. The molecule has 0 amide bonds. The number of hydrogen-bond donors (Lipinski definition) is 0. The molecule has 0 radical (unpaired) electrons. The average Bonchev–Trinajstić information content (AvgIpc) is 2.41. The van der Waals surface area contributed by atoms with Crippen molar-refractivity contribution in [1.82, 2.24) is 9.97 Å². The zero-order valence-corrected chi connectivity index (χ0v) is 11.9. The predicted molar refractivity (Wildman–Crippen MR) is 71.6 cm³/mol. The highest BCUT2D eigenvalue weighted by Crippen LogP contribution is 2.30. The maximum absolute atomic E-state index is 11.4. The van der Waals surface area contributed by atoms with E-state index in [1.165, 1.54) is 18.9 Å². The highest BCUT2D eigenvalue weighted by atomic mass is 79.9. The molecule has 0 aromatic carbocycles. The summed E-state index contributed by atoms with van der Waals surface area (Å²) in [5.41, 5.74) is 0.474. The lowest BCUT2D eigenvalue weighted by atomic mass is 10.3. The molecule has 4 nitrogen and oxygen atoms in total. The molecule has 18 heavy (non-hydrogen) atoms. The van der Waals surface area contributed by atoms with Gasteiger partial charge in [-0.3, -0.25) is 0 Å². The molecule has 0 bridgehead atoms. The largest absolute Gasteiger partial charge is 0.465 e. The minimum Gasteiger partial charge on any atom is -0.465 e. The van der Waals surface area contributed by atoms with Gasteiger partial charge in [0.1, 0.15) is 10.1 Å². The van der Waals surface area contributed by atoms with Crippen LogP contribution in [0.4, 0.5) is 0 Å². The quantitative estimate of drug-likeness (QED) is 0.811. The molecule has 2 rings (SSSR count). The van der Waals surface area contributed by atoms with Crippen LogP contribution >= 0.6 is 27.7 Å². The summed E-state index contributed by atoms with van der Waals surface area (Å²) in [6.45, 7) is 0. The van der Waals surface area contributed by atoms with E-state index in [0.717, 1.165) is 9.50 Å². The van der Waals surface area contributed by atoms with Crippen LogP contribution in [0.2, 0.25) is 0 Å². The molecule has 0 aliphatic carbocycles. The minimum absolute atomic E-state index is 0.376. The second-order valence-electron chi connectivity index (χ2n) is 3.27. The molecule has 0 atom stereocenters. The second-order valence-corrected chi connectivity index (χ2v) is 5.13. The molecule has 0 saturated carbocycles. The molecule has 6 heteroatoms. The molecule has 0 fully saturated rings. The molecule has 0 aliphatic heterocycles. The van der Waals surface area contributed by atoms with E-state index in [1.54, 1.807) is 24.5 Å². The van der Waals surface area contributed by atoms with Crippen LogP contribution in [0.1, 0.15) is 10.4 Å². The van der Waals surface area contributed by atoms with Gasteiger partial charge in [0.05, 0.1) is 17.1 Å². The number of methoxy groups -OCH3 is 1. The van der Waals surface area contributed by atoms with E-state index in [-0.39, 0.29) is 5.97 Å². The molecule has 0 aliphatic rings. The van der Waals surface area contributed by atoms with Crippen molar-refractivity contribution >= 4 is 33.7 Å². The van der Waals surface area contributed by atoms with Crippen molar-refractivity contribution in [3.8, 4) is 0 Å². The molecule has 0 N–H and O–H groups in total. The summed E-state index contributed by atoms with van der Waals surface area (Å²) in [5, 5.41) is 1.49. The molecular weight excluding hydrogens is 316 g/mol. The van der Waals surface area contributed by atoms with Crippen LogP contribution in [0.15, 0.2) is 51.2 Å². The number of aromatic nitrogens is 2. The maximum Gasteiger partial charge on any atom is 0.337 e. The molecule has 0 unspecified atom stereocenters. The molecule has 2 aromatic rings. The highest BCUT2D eigenvalue weighted by Gasteiger charge is 2.09. The second kappa shape index (κ2) is 5.97. The first kappa shape index (κ1) is 13.0. The lowest BCUT2D eigenvalue weighted by molar-refractivity contribution is 0.0600. The zero-order chi connectivity index (χ0) is 13.0. The van der Waals surface area contributed by atoms with Crippen molar-refractivity contribution < 1.29 is 9.53 Å². The third kappa shape index (κ3) is 3.08. The Kier molecular flexibility index (Phi) is 4.33. The molecule has 2 aromatic heterocycles. The summed E-state index contributed by atoms with van der Waals surface area (Å²) in [7, 11) is 1.35. The van der Waals surface area contributed by atoms with Gasteiger partial charge in [-0.25, -0.2) is 14.8 Å². The van der Waals surface area contributed by atoms with Crippen LogP contribution in [-0.2, 0) is 4.74 Å². The van der Waals surface area contributed by atoms with E-state index in [1.807, 2.05) is 12.1 Å². The number of halogens is 1. The summed E-state index contributed by atoms with van der Waals surface area (Å²) >= 11 is 4.79. The lowest BCUT2D eigenvalue weighted by Gasteiger charge is -2.03. The molecule has 2 heterocycles. The van der Waals surface area contributed by atoms with Gasteiger partial charge in [-0.05, 0) is 52.0 Å². The molecule has 0 saturated heterocycles. The SMILES string of the molecule is COC(=O)c1ccnc(Sc2ncccc2Br)c1. The summed E-state index contributed by atoms with van der Waals surface area (Å²) in [4.78, 5) is 19.8. The van der Waals surface area contributed by atoms with Gasteiger partial charge >= 0.3 is 5.97 Å². The predicted octanol–water partition coefficient (Wildman–Crippen LogP) is 3.18. The fraction of sp³-hybridized carbons (Fsp3) is 0.0833. The molecule has 92 valence electrons. The number of carbonyl (C=O) groups is 1. The van der Waals surface area contributed by atoms with Gasteiger partial charge in [-0.2, -0.15) is 0 Å². The Morgan fingerprint density at radius 2 is 2.17 bits per heavy atom. The van der Waals surface area contributed by atoms with Gasteiger partial charge in [0, 0.05) is 12.4 Å². The fourth-order valence-electron chi connectivity index (χ4n) is 1.26. The van der Waals surface area contributed by atoms with Gasteiger partial charge in [0.25, 0.3) is 0 Å². The number of hydrogen-bond acceptors (Lipinski definition) is 5. The Balaban J connectivity index is 2.25. The fourth-order valence-corrected chi connectivity index (χ4v) is 2.53. The lowest BCUT2D eigenvalue weighted by Crippen LogP contribution is -2.01. The Morgan fingerprint density at radius 1 is 1.33 bits per heavy atom. The molecular formula is C12H9BrN2O2S. The number of ether oxygens (including phenoxy) is 1. The number of esters is 1. The van der Waals surface area contributed by atoms with Crippen molar-refractivity contribution in [3.63, 3.8) is 0 Å². The first-order valence-electron chi connectivity index (χ1n) is 5.03. The first-order valence-corrected chi connectivity index (χ1v) is 6.64. The number of rotatable bonds is 3.